The summed E-state index contributed by atoms with van der Waals surface area (Å²) in [6.07, 6.45) is 3.02. The molecule has 1 aromatic carbocycles. The Hall–Kier alpha value is -1.88. The van der Waals surface area contributed by atoms with Crippen LogP contribution in [0.3, 0.4) is 0 Å². The number of hydrogen-bond acceptors (Lipinski definition) is 5. The van der Waals surface area contributed by atoms with Crippen LogP contribution in [0.15, 0.2) is 41.7 Å². The number of aromatic nitrogens is 2. The molecule has 0 aliphatic carbocycles. The molecule has 0 saturated heterocycles. The summed E-state index contributed by atoms with van der Waals surface area (Å²) >= 11 is 1.58. The molecule has 0 saturated carbocycles. The van der Waals surface area contributed by atoms with Crippen LogP contribution in [-0.2, 0) is 10.5 Å². The van der Waals surface area contributed by atoms with Crippen molar-refractivity contribution in [1.29, 1.82) is 0 Å². The lowest BCUT2D eigenvalue weighted by atomic mass is 10.2. The third-order valence-corrected chi connectivity index (χ3v) is 3.48. The van der Waals surface area contributed by atoms with Gasteiger partial charge in [0.1, 0.15) is 5.03 Å². The van der Waals surface area contributed by atoms with Crippen molar-refractivity contribution < 1.29 is 9.53 Å². The van der Waals surface area contributed by atoms with Crippen LogP contribution in [0.4, 0.5) is 0 Å². The van der Waals surface area contributed by atoms with Crippen molar-refractivity contribution in [2.75, 3.05) is 7.11 Å². The molecule has 0 spiro atoms. The first-order chi connectivity index (χ1) is 9.19. The van der Waals surface area contributed by atoms with Gasteiger partial charge in [-0.3, -0.25) is 0 Å². The highest BCUT2D eigenvalue weighted by Gasteiger charge is 2.07. The predicted octanol–water partition coefficient (Wildman–Crippen LogP) is 2.86. The van der Waals surface area contributed by atoms with Crippen molar-refractivity contribution in [1.82, 2.24) is 9.97 Å². The van der Waals surface area contributed by atoms with E-state index < -0.39 is 5.97 Å². The summed E-state index contributed by atoms with van der Waals surface area (Å²) < 4.78 is 4.57. The number of esters is 1. The Morgan fingerprint density at radius 3 is 2.79 bits per heavy atom. The number of nitrogens with zero attached hydrogens (tertiary/aromatic N) is 2. The summed E-state index contributed by atoms with van der Waals surface area (Å²) in [6, 6.07) is 8.33. The molecule has 0 atom stereocenters. The second-order valence-electron chi connectivity index (χ2n) is 4.01. The van der Waals surface area contributed by atoms with Gasteiger partial charge in [0.15, 0.2) is 5.69 Å². The highest BCUT2D eigenvalue weighted by atomic mass is 32.2. The third-order valence-electron chi connectivity index (χ3n) is 2.49. The maximum absolute atomic E-state index is 11.2. The Labute approximate surface area is 116 Å². The van der Waals surface area contributed by atoms with Crippen LogP contribution in [0.5, 0.6) is 0 Å². The zero-order valence-electron chi connectivity index (χ0n) is 10.8. The zero-order chi connectivity index (χ0) is 13.7. The van der Waals surface area contributed by atoms with E-state index in [2.05, 4.69) is 39.8 Å². The molecule has 0 aliphatic heterocycles. The van der Waals surface area contributed by atoms with Crippen LogP contribution in [0, 0.1) is 6.92 Å². The van der Waals surface area contributed by atoms with E-state index in [1.807, 2.05) is 6.07 Å². The van der Waals surface area contributed by atoms with Gasteiger partial charge >= 0.3 is 5.97 Å². The molecular formula is C14H14N2O2S. The third kappa shape index (κ3) is 3.79. The van der Waals surface area contributed by atoms with E-state index in [4.69, 9.17) is 0 Å². The molecule has 0 radical (unpaired) electrons. The molecule has 1 aromatic heterocycles. The van der Waals surface area contributed by atoms with Crippen molar-refractivity contribution in [3.8, 4) is 0 Å². The number of rotatable bonds is 4. The molecule has 98 valence electrons. The Kier molecular flexibility index (Phi) is 4.52. The van der Waals surface area contributed by atoms with Gasteiger partial charge in [0.2, 0.25) is 0 Å². The van der Waals surface area contributed by atoms with Gasteiger partial charge in [-0.05, 0) is 12.5 Å². The molecule has 4 nitrogen and oxygen atoms in total. The SMILES string of the molecule is COC(=O)c1cnc(SCc2cccc(C)c2)cn1. The number of ether oxygens (including phenoxy) is 1. The van der Waals surface area contributed by atoms with Crippen LogP contribution in [0.25, 0.3) is 0 Å². The van der Waals surface area contributed by atoms with Crippen molar-refractivity contribution in [2.45, 2.75) is 17.7 Å². The topological polar surface area (TPSA) is 52.1 Å². The van der Waals surface area contributed by atoms with Gasteiger partial charge in [0.25, 0.3) is 0 Å². The number of methoxy groups -OCH3 is 1. The van der Waals surface area contributed by atoms with Crippen LogP contribution >= 0.6 is 11.8 Å². The fraction of sp³-hybridized carbons (Fsp3) is 0.214. The molecule has 1 heterocycles. The number of thioether (sulfide) groups is 1. The molecular weight excluding hydrogens is 260 g/mol. The Morgan fingerprint density at radius 1 is 1.32 bits per heavy atom. The lowest BCUT2D eigenvalue weighted by Crippen LogP contribution is -2.04. The Morgan fingerprint density at radius 2 is 2.16 bits per heavy atom. The monoisotopic (exact) mass is 274 g/mol. The smallest absolute Gasteiger partial charge is 0.358 e. The van der Waals surface area contributed by atoms with Crippen molar-refractivity contribution >= 4 is 17.7 Å². The highest BCUT2D eigenvalue weighted by Crippen LogP contribution is 2.20. The lowest BCUT2D eigenvalue weighted by Gasteiger charge is -2.03. The van der Waals surface area contributed by atoms with E-state index >= 15 is 0 Å². The average Bonchev–Trinajstić information content (AvgIpc) is 2.45. The van der Waals surface area contributed by atoms with Gasteiger partial charge in [-0.15, -0.1) is 11.8 Å². The molecule has 5 heteroatoms. The molecule has 19 heavy (non-hydrogen) atoms. The number of carbonyl (C=O) groups is 1. The number of aryl methyl sites for hydroxylation is 1. The van der Waals surface area contributed by atoms with Crippen molar-refractivity contribution in [3.63, 3.8) is 0 Å². The largest absolute Gasteiger partial charge is 0.464 e. The van der Waals surface area contributed by atoms with E-state index in [0.717, 1.165) is 10.8 Å². The Balaban J connectivity index is 1.98. The van der Waals surface area contributed by atoms with Gasteiger partial charge in [0, 0.05) is 5.75 Å². The van der Waals surface area contributed by atoms with E-state index in [0.29, 0.717) is 0 Å². The van der Waals surface area contributed by atoms with Crippen LogP contribution in [0.2, 0.25) is 0 Å². The zero-order valence-corrected chi connectivity index (χ0v) is 11.6. The van der Waals surface area contributed by atoms with Crippen LogP contribution in [0.1, 0.15) is 21.6 Å². The van der Waals surface area contributed by atoms with E-state index in [-0.39, 0.29) is 5.69 Å². The number of carbonyl (C=O) groups excluding carboxylic acids is 1. The average molecular weight is 274 g/mol. The van der Waals surface area contributed by atoms with Gasteiger partial charge in [-0.25, -0.2) is 14.8 Å². The van der Waals surface area contributed by atoms with E-state index in [1.54, 1.807) is 18.0 Å². The minimum Gasteiger partial charge on any atom is -0.464 e. The first kappa shape index (κ1) is 13.5. The highest BCUT2D eigenvalue weighted by molar-refractivity contribution is 7.98. The van der Waals surface area contributed by atoms with Crippen molar-refractivity contribution in [2.24, 2.45) is 0 Å². The van der Waals surface area contributed by atoms with Crippen LogP contribution in [-0.4, -0.2) is 23.0 Å². The minimum atomic E-state index is -0.470. The summed E-state index contributed by atoms with van der Waals surface area (Å²) in [6.45, 7) is 2.07. The summed E-state index contributed by atoms with van der Waals surface area (Å²) in [5.74, 6) is 0.358. The fourth-order valence-electron chi connectivity index (χ4n) is 1.56. The lowest BCUT2D eigenvalue weighted by molar-refractivity contribution is 0.0593. The van der Waals surface area contributed by atoms with Crippen molar-refractivity contribution in [3.05, 3.63) is 53.5 Å². The molecule has 2 rings (SSSR count). The van der Waals surface area contributed by atoms with E-state index in [9.17, 15) is 4.79 Å². The first-order valence-electron chi connectivity index (χ1n) is 5.78. The number of hydrogen-bond donors (Lipinski definition) is 0. The maximum Gasteiger partial charge on any atom is 0.358 e. The normalized spacial score (nSPS) is 10.2. The molecule has 0 amide bonds. The molecule has 0 aliphatic rings. The van der Waals surface area contributed by atoms with Gasteiger partial charge in [-0.2, -0.15) is 0 Å². The fourth-order valence-corrected chi connectivity index (χ4v) is 2.31. The van der Waals surface area contributed by atoms with Gasteiger partial charge in [-0.1, -0.05) is 29.8 Å². The van der Waals surface area contributed by atoms with E-state index in [1.165, 1.54) is 24.4 Å². The standard InChI is InChI=1S/C14H14N2O2S/c1-10-4-3-5-11(6-10)9-19-13-8-15-12(7-16-13)14(17)18-2/h3-8H,9H2,1-2H3. The van der Waals surface area contributed by atoms with Gasteiger partial charge < -0.3 is 4.74 Å². The summed E-state index contributed by atoms with van der Waals surface area (Å²) in [7, 11) is 1.32. The minimum absolute atomic E-state index is 0.224. The maximum atomic E-state index is 11.2. The molecule has 0 fully saturated rings. The Bertz CT molecular complexity index is 570. The molecule has 0 bridgehead atoms. The second kappa shape index (κ2) is 6.33. The summed E-state index contributed by atoms with van der Waals surface area (Å²) in [5, 5.41) is 0.786. The summed E-state index contributed by atoms with van der Waals surface area (Å²) in [5.41, 5.74) is 2.71. The summed E-state index contributed by atoms with van der Waals surface area (Å²) in [4.78, 5) is 19.4. The quantitative estimate of drug-likeness (QED) is 0.634. The molecule has 0 N–H and O–H groups in total. The predicted molar refractivity (Wildman–Crippen MR) is 74.1 cm³/mol. The van der Waals surface area contributed by atoms with Gasteiger partial charge in [0.05, 0.1) is 19.5 Å². The first-order valence-corrected chi connectivity index (χ1v) is 6.76. The molecule has 2 aromatic rings. The number of benzene rings is 1. The molecule has 0 unspecified atom stereocenters. The van der Waals surface area contributed by atoms with Crippen LogP contribution < -0.4 is 0 Å². The second-order valence-corrected chi connectivity index (χ2v) is 5.00.